The second-order valence-electron chi connectivity index (χ2n) is 5.63. The number of carboxylic acids is 1. The molecular weight excluding hydrogens is 282 g/mol. The summed E-state index contributed by atoms with van der Waals surface area (Å²) in [7, 11) is 0. The Morgan fingerprint density at radius 2 is 1.77 bits per heavy atom. The van der Waals surface area contributed by atoms with Gasteiger partial charge in [-0.15, -0.1) is 0 Å². The van der Waals surface area contributed by atoms with Gasteiger partial charge in [0.1, 0.15) is 0 Å². The van der Waals surface area contributed by atoms with E-state index in [4.69, 9.17) is 10.8 Å². The van der Waals surface area contributed by atoms with Crippen molar-refractivity contribution in [2.45, 2.75) is 25.4 Å². The minimum atomic E-state index is -0.920. The van der Waals surface area contributed by atoms with Gasteiger partial charge in [-0.3, -0.25) is 14.5 Å². The van der Waals surface area contributed by atoms with Crippen molar-refractivity contribution in [2.24, 2.45) is 5.73 Å². The second kappa shape index (κ2) is 7.91. The maximum absolute atomic E-state index is 12.2. The van der Waals surface area contributed by atoms with Crippen LogP contribution in [0.15, 0.2) is 30.3 Å². The van der Waals surface area contributed by atoms with Crippen LogP contribution >= 0.6 is 0 Å². The van der Waals surface area contributed by atoms with Gasteiger partial charge in [-0.05, 0) is 12.0 Å². The predicted octanol–water partition coefficient (Wildman–Crippen LogP) is 0.523. The number of nitrogens with two attached hydrogens (primary N) is 1. The minimum absolute atomic E-state index is 0.0686. The SMILES string of the molecule is N[C@@H](CCC(=O)O)C(=O)N1CCN(Cc2ccccc2)CC1. The lowest BCUT2D eigenvalue weighted by atomic mass is 10.1. The van der Waals surface area contributed by atoms with Crippen molar-refractivity contribution in [3.05, 3.63) is 35.9 Å². The Kier molecular flexibility index (Phi) is 5.91. The van der Waals surface area contributed by atoms with Crippen molar-refractivity contribution >= 4 is 11.9 Å². The van der Waals surface area contributed by atoms with E-state index in [1.54, 1.807) is 4.90 Å². The smallest absolute Gasteiger partial charge is 0.303 e. The number of aliphatic carboxylic acids is 1. The summed E-state index contributed by atoms with van der Waals surface area (Å²) < 4.78 is 0. The number of piperazine rings is 1. The molecule has 22 heavy (non-hydrogen) atoms. The van der Waals surface area contributed by atoms with Gasteiger partial charge >= 0.3 is 5.97 Å². The lowest BCUT2D eigenvalue weighted by Gasteiger charge is -2.35. The third-order valence-electron chi connectivity index (χ3n) is 3.92. The topological polar surface area (TPSA) is 86.9 Å². The van der Waals surface area contributed by atoms with Gasteiger partial charge in [0.25, 0.3) is 0 Å². The molecule has 1 aliphatic heterocycles. The molecule has 6 nitrogen and oxygen atoms in total. The van der Waals surface area contributed by atoms with Crippen LogP contribution in [0, 0.1) is 0 Å². The summed E-state index contributed by atoms with van der Waals surface area (Å²) in [6.45, 7) is 3.80. The molecule has 3 N–H and O–H groups in total. The molecule has 0 radical (unpaired) electrons. The molecule has 0 bridgehead atoms. The van der Waals surface area contributed by atoms with Gasteiger partial charge in [0.15, 0.2) is 0 Å². The van der Waals surface area contributed by atoms with E-state index >= 15 is 0 Å². The number of benzene rings is 1. The zero-order valence-electron chi connectivity index (χ0n) is 12.6. The highest BCUT2D eigenvalue weighted by molar-refractivity contribution is 5.82. The minimum Gasteiger partial charge on any atom is -0.481 e. The number of nitrogens with zero attached hydrogens (tertiary/aromatic N) is 2. The van der Waals surface area contributed by atoms with E-state index in [0.29, 0.717) is 13.1 Å². The summed E-state index contributed by atoms with van der Waals surface area (Å²) in [5.41, 5.74) is 7.05. The lowest BCUT2D eigenvalue weighted by molar-refractivity contribution is -0.138. The molecular formula is C16H23N3O3. The number of carboxylic acid groups (broad SMARTS) is 1. The highest BCUT2D eigenvalue weighted by Crippen LogP contribution is 2.10. The fraction of sp³-hybridized carbons (Fsp3) is 0.500. The van der Waals surface area contributed by atoms with Gasteiger partial charge < -0.3 is 15.7 Å². The first-order chi connectivity index (χ1) is 10.6. The van der Waals surface area contributed by atoms with Gasteiger partial charge in [-0.2, -0.15) is 0 Å². The molecule has 1 aliphatic rings. The molecule has 1 fully saturated rings. The molecule has 1 heterocycles. The van der Waals surface area contributed by atoms with Crippen LogP contribution in [0.5, 0.6) is 0 Å². The van der Waals surface area contributed by atoms with Crippen LogP contribution in [0.4, 0.5) is 0 Å². The average molecular weight is 305 g/mol. The van der Waals surface area contributed by atoms with E-state index in [-0.39, 0.29) is 18.7 Å². The van der Waals surface area contributed by atoms with Crippen LogP contribution in [-0.2, 0) is 16.1 Å². The zero-order valence-corrected chi connectivity index (χ0v) is 12.6. The molecule has 1 amide bonds. The summed E-state index contributed by atoms with van der Waals surface area (Å²) in [6, 6.07) is 9.53. The first-order valence-corrected chi connectivity index (χ1v) is 7.58. The summed E-state index contributed by atoms with van der Waals surface area (Å²) in [5, 5.41) is 8.64. The van der Waals surface area contributed by atoms with Crippen LogP contribution in [0.3, 0.4) is 0 Å². The number of carbonyl (C=O) groups is 2. The van der Waals surface area contributed by atoms with E-state index in [1.165, 1.54) is 5.56 Å². The van der Waals surface area contributed by atoms with E-state index < -0.39 is 12.0 Å². The molecule has 1 aromatic carbocycles. The predicted molar refractivity (Wildman–Crippen MR) is 83.1 cm³/mol. The number of hydrogen-bond acceptors (Lipinski definition) is 4. The third kappa shape index (κ3) is 4.82. The lowest BCUT2D eigenvalue weighted by Crippen LogP contribution is -2.52. The Morgan fingerprint density at radius 1 is 1.14 bits per heavy atom. The quantitative estimate of drug-likeness (QED) is 0.800. The van der Waals surface area contributed by atoms with Crippen LogP contribution in [0.2, 0.25) is 0 Å². The van der Waals surface area contributed by atoms with E-state index in [2.05, 4.69) is 17.0 Å². The summed E-state index contributed by atoms with van der Waals surface area (Å²) >= 11 is 0. The molecule has 6 heteroatoms. The number of rotatable bonds is 6. The molecule has 1 saturated heterocycles. The third-order valence-corrected chi connectivity index (χ3v) is 3.92. The van der Waals surface area contributed by atoms with Crippen molar-refractivity contribution in [1.29, 1.82) is 0 Å². The Labute approximate surface area is 130 Å². The van der Waals surface area contributed by atoms with E-state index in [0.717, 1.165) is 19.6 Å². The Balaban J connectivity index is 1.76. The second-order valence-corrected chi connectivity index (χ2v) is 5.63. The Hall–Kier alpha value is -1.92. The first-order valence-electron chi connectivity index (χ1n) is 7.58. The summed E-state index contributed by atoms with van der Waals surface area (Å²) in [6.07, 6.45) is 0.124. The largest absolute Gasteiger partial charge is 0.481 e. The van der Waals surface area contributed by atoms with Crippen molar-refractivity contribution in [3.63, 3.8) is 0 Å². The van der Waals surface area contributed by atoms with Crippen LogP contribution < -0.4 is 5.73 Å². The molecule has 0 saturated carbocycles. The molecule has 0 aliphatic carbocycles. The highest BCUT2D eigenvalue weighted by Gasteiger charge is 2.25. The van der Waals surface area contributed by atoms with Gasteiger partial charge in [-0.25, -0.2) is 0 Å². The zero-order chi connectivity index (χ0) is 15.9. The standard InChI is InChI=1S/C16H23N3O3/c17-14(6-7-15(20)21)16(22)19-10-8-18(9-11-19)12-13-4-2-1-3-5-13/h1-5,14H,6-12,17H2,(H,20,21)/t14-/m0/s1. The van der Waals surface area contributed by atoms with Crippen LogP contribution in [0.25, 0.3) is 0 Å². The molecule has 2 rings (SSSR count). The van der Waals surface area contributed by atoms with Gasteiger partial charge in [0.05, 0.1) is 6.04 Å². The van der Waals surface area contributed by atoms with Crippen molar-refractivity contribution < 1.29 is 14.7 Å². The van der Waals surface area contributed by atoms with Crippen molar-refractivity contribution in [3.8, 4) is 0 Å². The summed E-state index contributed by atoms with van der Waals surface area (Å²) in [5.74, 6) is -1.06. The van der Waals surface area contributed by atoms with Gasteiger partial charge in [0.2, 0.25) is 5.91 Å². The summed E-state index contributed by atoms with van der Waals surface area (Å²) in [4.78, 5) is 26.7. The highest BCUT2D eigenvalue weighted by atomic mass is 16.4. The maximum atomic E-state index is 12.2. The number of hydrogen-bond donors (Lipinski definition) is 2. The number of amides is 1. The first kappa shape index (κ1) is 16.5. The van der Waals surface area contributed by atoms with Crippen LogP contribution in [0.1, 0.15) is 18.4 Å². The van der Waals surface area contributed by atoms with Crippen LogP contribution in [-0.4, -0.2) is 59.0 Å². The van der Waals surface area contributed by atoms with Crippen molar-refractivity contribution in [1.82, 2.24) is 9.80 Å². The molecule has 1 atom stereocenters. The Bertz CT molecular complexity index is 499. The number of carbonyl (C=O) groups excluding carboxylic acids is 1. The Morgan fingerprint density at radius 3 is 2.36 bits per heavy atom. The fourth-order valence-electron chi connectivity index (χ4n) is 2.60. The molecule has 0 unspecified atom stereocenters. The fourth-order valence-corrected chi connectivity index (χ4v) is 2.60. The average Bonchev–Trinajstić information content (AvgIpc) is 2.53. The molecule has 0 aromatic heterocycles. The molecule has 1 aromatic rings. The van der Waals surface area contributed by atoms with E-state index in [1.807, 2.05) is 18.2 Å². The van der Waals surface area contributed by atoms with Gasteiger partial charge in [0, 0.05) is 39.1 Å². The van der Waals surface area contributed by atoms with Crippen molar-refractivity contribution in [2.75, 3.05) is 26.2 Å². The van der Waals surface area contributed by atoms with Gasteiger partial charge in [-0.1, -0.05) is 30.3 Å². The van der Waals surface area contributed by atoms with E-state index in [9.17, 15) is 9.59 Å². The molecule has 0 spiro atoms. The normalized spacial score (nSPS) is 17.2. The molecule has 120 valence electrons. The monoisotopic (exact) mass is 305 g/mol. The maximum Gasteiger partial charge on any atom is 0.303 e.